The van der Waals surface area contributed by atoms with Crippen LogP contribution in [-0.2, 0) is 14.8 Å². The predicted octanol–water partition coefficient (Wildman–Crippen LogP) is 2.67. The summed E-state index contributed by atoms with van der Waals surface area (Å²) in [7, 11) is -3.75. The number of para-hydroxylation sites is 2. The monoisotopic (exact) mass is 410 g/mol. The molecule has 1 unspecified atom stereocenters. The third-order valence-electron chi connectivity index (χ3n) is 4.30. The molecule has 7 nitrogen and oxygen atoms in total. The molecule has 3 heterocycles. The van der Waals surface area contributed by atoms with E-state index in [1.54, 1.807) is 6.07 Å². The van der Waals surface area contributed by atoms with E-state index in [1.807, 2.05) is 24.3 Å². The quantitative estimate of drug-likeness (QED) is 0.716. The van der Waals surface area contributed by atoms with Crippen LogP contribution in [0.4, 0.5) is 0 Å². The van der Waals surface area contributed by atoms with E-state index in [0.29, 0.717) is 23.7 Å². The Hall–Kier alpha value is -1.94. The molecule has 1 aromatic carbocycles. The molecule has 1 atom stereocenters. The van der Waals surface area contributed by atoms with Crippen LogP contribution in [0.25, 0.3) is 11.0 Å². The normalized spacial score (nSPS) is 18.4. The summed E-state index contributed by atoms with van der Waals surface area (Å²) in [5.41, 5.74) is 4.25. The molecule has 1 amide bonds. The average Bonchev–Trinajstić information content (AvgIpc) is 3.34. The molecule has 1 fully saturated rings. The van der Waals surface area contributed by atoms with Gasteiger partial charge in [-0.2, -0.15) is 4.31 Å². The van der Waals surface area contributed by atoms with Crippen molar-refractivity contribution in [2.75, 3.05) is 12.0 Å². The average molecular weight is 411 g/mol. The molecule has 10 heteroatoms. The van der Waals surface area contributed by atoms with Crippen molar-refractivity contribution in [3.8, 4) is 0 Å². The molecular weight excluding hydrogens is 396 g/mol. The number of halogens is 1. The Morgan fingerprint density at radius 1 is 1.27 bits per heavy atom. The number of sulfonamides is 1. The number of thiophene rings is 1. The van der Waals surface area contributed by atoms with E-state index >= 15 is 0 Å². The number of fused-ring (bicyclic) bond motifs is 1. The largest absolute Gasteiger partial charge is 0.271 e. The van der Waals surface area contributed by atoms with E-state index in [9.17, 15) is 13.2 Å². The fourth-order valence-electron chi connectivity index (χ4n) is 3.08. The second kappa shape index (κ2) is 6.66. The minimum Gasteiger partial charge on any atom is -0.271 e. The first-order valence-corrected chi connectivity index (χ1v) is 10.6. The van der Waals surface area contributed by atoms with Crippen molar-refractivity contribution in [3.63, 3.8) is 0 Å². The molecule has 1 saturated heterocycles. The van der Waals surface area contributed by atoms with E-state index in [0.717, 1.165) is 22.4 Å². The van der Waals surface area contributed by atoms with Gasteiger partial charge in [-0.25, -0.2) is 18.1 Å². The Balaban J connectivity index is 1.59. The fraction of sp³-hybridized carbons (Fsp3) is 0.250. The second-order valence-electron chi connectivity index (χ2n) is 5.91. The van der Waals surface area contributed by atoms with Crippen LogP contribution in [0.15, 0.2) is 46.9 Å². The van der Waals surface area contributed by atoms with Gasteiger partial charge in [0.25, 0.3) is 15.9 Å². The number of nitrogens with zero attached hydrogens (tertiary/aromatic N) is 3. The SMILES string of the molecule is O=C(Nn1cnc2ccccc21)C1CCCN1S(=O)(=O)c1ccc(Cl)s1. The van der Waals surface area contributed by atoms with Gasteiger partial charge < -0.3 is 0 Å². The summed E-state index contributed by atoms with van der Waals surface area (Å²) in [5, 5.41) is 0. The van der Waals surface area contributed by atoms with E-state index < -0.39 is 16.1 Å². The van der Waals surface area contributed by atoms with Gasteiger partial charge in [-0.1, -0.05) is 23.7 Å². The zero-order valence-corrected chi connectivity index (χ0v) is 15.9. The molecule has 0 saturated carbocycles. The molecule has 0 aliphatic carbocycles. The van der Waals surface area contributed by atoms with Crippen LogP contribution in [0.2, 0.25) is 4.34 Å². The van der Waals surface area contributed by atoms with Crippen LogP contribution in [0.3, 0.4) is 0 Å². The number of carbonyl (C=O) groups excluding carboxylic acids is 1. The minimum atomic E-state index is -3.75. The van der Waals surface area contributed by atoms with E-state index in [2.05, 4.69) is 10.4 Å². The number of hydrogen-bond donors (Lipinski definition) is 1. The summed E-state index contributed by atoms with van der Waals surface area (Å²) in [6.07, 6.45) is 2.60. The van der Waals surface area contributed by atoms with Crippen molar-refractivity contribution in [3.05, 3.63) is 47.1 Å². The van der Waals surface area contributed by atoms with Gasteiger partial charge in [-0.05, 0) is 37.1 Å². The number of hydrogen-bond acceptors (Lipinski definition) is 5. The number of carbonyl (C=O) groups is 1. The number of aromatic nitrogens is 2. The molecule has 0 spiro atoms. The van der Waals surface area contributed by atoms with Gasteiger partial charge in [0.1, 0.15) is 16.6 Å². The molecule has 1 aliphatic rings. The lowest BCUT2D eigenvalue weighted by molar-refractivity contribution is -0.120. The second-order valence-corrected chi connectivity index (χ2v) is 9.74. The summed E-state index contributed by atoms with van der Waals surface area (Å²) < 4.78 is 29.0. The van der Waals surface area contributed by atoms with Crippen molar-refractivity contribution < 1.29 is 13.2 Å². The molecule has 0 radical (unpaired) electrons. The van der Waals surface area contributed by atoms with Crippen LogP contribution >= 0.6 is 22.9 Å². The summed E-state index contributed by atoms with van der Waals surface area (Å²) >= 11 is 6.86. The molecule has 0 bridgehead atoms. The predicted molar refractivity (Wildman–Crippen MR) is 100 cm³/mol. The van der Waals surface area contributed by atoms with Crippen molar-refractivity contribution in [1.29, 1.82) is 0 Å². The van der Waals surface area contributed by atoms with E-state index in [1.165, 1.54) is 21.4 Å². The van der Waals surface area contributed by atoms with Crippen LogP contribution in [-0.4, -0.2) is 40.9 Å². The molecule has 1 N–H and O–H groups in total. The summed E-state index contributed by atoms with van der Waals surface area (Å²) in [5.74, 6) is -0.378. The fourth-order valence-corrected chi connectivity index (χ4v) is 6.35. The van der Waals surface area contributed by atoms with Gasteiger partial charge in [0.05, 0.1) is 15.4 Å². The van der Waals surface area contributed by atoms with Crippen molar-refractivity contribution in [2.24, 2.45) is 0 Å². The van der Waals surface area contributed by atoms with Crippen LogP contribution in [0, 0.1) is 0 Å². The third-order valence-corrected chi connectivity index (χ3v) is 7.91. The summed E-state index contributed by atoms with van der Waals surface area (Å²) in [6.45, 7) is 0.306. The summed E-state index contributed by atoms with van der Waals surface area (Å²) in [6, 6.07) is 9.63. The Morgan fingerprint density at radius 2 is 2.08 bits per heavy atom. The topological polar surface area (TPSA) is 84.3 Å². The highest BCUT2D eigenvalue weighted by Gasteiger charge is 2.40. The summed E-state index contributed by atoms with van der Waals surface area (Å²) in [4.78, 5) is 17.0. The maximum atomic E-state index is 12.9. The third kappa shape index (κ3) is 3.01. The van der Waals surface area contributed by atoms with Gasteiger partial charge in [0.15, 0.2) is 0 Å². The van der Waals surface area contributed by atoms with Crippen molar-refractivity contribution in [2.45, 2.75) is 23.1 Å². The number of amides is 1. The first-order chi connectivity index (χ1) is 12.5. The molecule has 4 rings (SSSR count). The van der Waals surface area contributed by atoms with Gasteiger partial charge in [0, 0.05) is 6.54 Å². The molecule has 1 aliphatic heterocycles. The maximum absolute atomic E-state index is 12.9. The first-order valence-electron chi connectivity index (χ1n) is 7.97. The standard InChI is InChI=1S/C16H15ClN4O3S2/c17-14-7-8-15(25-14)26(23,24)21-9-3-6-13(21)16(22)19-20-10-18-11-4-1-2-5-12(11)20/h1-2,4-5,7-8,10,13H,3,6,9H2,(H,19,22). The molecule has 26 heavy (non-hydrogen) atoms. The van der Waals surface area contributed by atoms with Gasteiger partial charge in [-0.3, -0.25) is 10.2 Å². The van der Waals surface area contributed by atoms with Gasteiger partial charge in [0.2, 0.25) is 0 Å². The lowest BCUT2D eigenvalue weighted by atomic mass is 10.2. The minimum absolute atomic E-state index is 0.148. The smallest absolute Gasteiger partial charge is 0.257 e. The number of nitrogens with one attached hydrogen (secondary N) is 1. The Morgan fingerprint density at radius 3 is 2.85 bits per heavy atom. The highest BCUT2D eigenvalue weighted by molar-refractivity contribution is 7.91. The first kappa shape index (κ1) is 17.5. The Kier molecular flexibility index (Phi) is 4.47. The van der Waals surface area contributed by atoms with Crippen LogP contribution in [0.1, 0.15) is 12.8 Å². The zero-order chi connectivity index (χ0) is 18.3. The lowest BCUT2D eigenvalue weighted by Crippen LogP contribution is -2.44. The molecular formula is C16H15ClN4O3S2. The number of rotatable bonds is 4. The zero-order valence-electron chi connectivity index (χ0n) is 13.5. The molecule has 3 aromatic rings. The van der Waals surface area contributed by atoms with Gasteiger partial charge in [-0.15, -0.1) is 11.3 Å². The molecule has 136 valence electrons. The Bertz CT molecular complexity index is 1080. The number of benzene rings is 1. The van der Waals surface area contributed by atoms with Crippen molar-refractivity contribution >= 4 is 49.9 Å². The van der Waals surface area contributed by atoms with Gasteiger partial charge >= 0.3 is 0 Å². The van der Waals surface area contributed by atoms with E-state index in [-0.39, 0.29) is 10.1 Å². The highest BCUT2D eigenvalue weighted by atomic mass is 35.5. The number of imidazole rings is 1. The molecule has 2 aromatic heterocycles. The van der Waals surface area contributed by atoms with Crippen LogP contribution in [0.5, 0.6) is 0 Å². The lowest BCUT2D eigenvalue weighted by Gasteiger charge is -2.22. The Labute approximate surface area is 159 Å². The van der Waals surface area contributed by atoms with Crippen molar-refractivity contribution in [1.82, 2.24) is 14.0 Å². The maximum Gasteiger partial charge on any atom is 0.257 e. The highest BCUT2D eigenvalue weighted by Crippen LogP contribution is 2.32. The van der Waals surface area contributed by atoms with E-state index in [4.69, 9.17) is 11.6 Å². The van der Waals surface area contributed by atoms with Crippen LogP contribution < -0.4 is 5.43 Å².